The summed E-state index contributed by atoms with van der Waals surface area (Å²) in [5.74, 6) is 0.572. The first-order chi connectivity index (χ1) is 9.10. The van der Waals surface area contributed by atoms with E-state index < -0.39 is 0 Å². The molecule has 0 atom stereocenters. The number of nitrogens with zero attached hydrogens (tertiary/aromatic N) is 3. The van der Waals surface area contributed by atoms with Crippen molar-refractivity contribution in [3.05, 3.63) is 29.3 Å². The Bertz CT molecular complexity index is 593. The van der Waals surface area contributed by atoms with Crippen molar-refractivity contribution in [2.24, 2.45) is 0 Å². The van der Waals surface area contributed by atoms with Crippen molar-refractivity contribution >= 4 is 5.78 Å². The fraction of sp³-hybridized carbons (Fsp3) is 0.385. The second kappa shape index (κ2) is 5.71. The van der Waals surface area contributed by atoms with E-state index >= 15 is 0 Å². The molecule has 0 saturated heterocycles. The van der Waals surface area contributed by atoms with Crippen LogP contribution < -0.4 is 0 Å². The van der Waals surface area contributed by atoms with Gasteiger partial charge >= 0.3 is 0 Å². The van der Waals surface area contributed by atoms with Gasteiger partial charge in [0.25, 0.3) is 0 Å². The standard InChI is InChI=1S/C13H15N3O3/c1-8-4-9(2)12(14-6-8)13-15-11(19-16-13)5-10(17)7-18-3/h4,6H,5,7H2,1-3H3. The van der Waals surface area contributed by atoms with Gasteiger partial charge in [-0.3, -0.25) is 9.78 Å². The molecule has 100 valence electrons. The monoisotopic (exact) mass is 261 g/mol. The first kappa shape index (κ1) is 13.4. The lowest BCUT2D eigenvalue weighted by molar-refractivity contribution is -0.122. The number of rotatable bonds is 5. The van der Waals surface area contributed by atoms with Crippen LogP contribution in [0.5, 0.6) is 0 Å². The zero-order chi connectivity index (χ0) is 13.8. The smallest absolute Gasteiger partial charge is 0.234 e. The number of aromatic nitrogens is 3. The zero-order valence-corrected chi connectivity index (χ0v) is 11.1. The van der Waals surface area contributed by atoms with Crippen molar-refractivity contribution in [1.29, 1.82) is 0 Å². The summed E-state index contributed by atoms with van der Waals surface area (Å²) in [6.45, 7) is 3.94. The van der Waals surface area contributed by atoms with E-state index in [-0.39, 0.29) is 24.7 Å². The van der Waals surface area contributed by atoms with Crippen LogP contribution in [0.25, 0.3) is 11.5 Å². The van der Waals surface area contributed by atoms with Gasteiger partial charge in [-0.15, -0.1) is 0 Å². The minimum atomic E-state index is -0.105. The molecule has 0 amide bonds. The van der Waals surface area contributed by atoms with Crippen molar-refractivity contribution in [2.75, 3.05) is 13.7 Å². The lowest BCUT2D eigenvalue weighted by Crippen LogP contribution is -2.09. The molecule has 2 aromatic rings. The zero-order valence-electron chi connectivity index (χ0n) is 11.1. The number of hydrogen-bond donors (Lipinski definition) is 0. The lowest BCUT2D eigenvalue weighted by Gasteiger charge is -2.00. The van der Waals surface area contributed by atoms with Gasteiger partial charge in [0.1, 0.15) is 12.3 Å². The maximum atomic E-state index is 11.4. The van der Waals surface area contributed by atoms with Gasteiger partial charge < -0.3 is 9.26 Å². The highest BCUT2D eigenvalue weighted by Crippen LogP contribution is 2.18. The summed E-state index contributed by atoms with van der Waals surface area (Å²) in [7, 11) is 1.47. The van der Waals surface area contributed by atoms with Crippen LogP contribution in [0.4, 0.5) is 0 Å². The van der Waals surface area contributed by atoms with Crippen LogP contribution in [-0.2, 0) is 16.0 Å². The number of ether oxygens (including phenoxy) is 1. The molecule has 0 spiro atoms. The van der Waals surface area contributed by atoms with Crippen LogP contribution in [0.3, 0.4) is 0 Å². The van der Waals surface area contributed by atoms with Gasteiger partial charge in [0.2, 0.25) is 11.7 Å². The maximum absolute atomic E-state index is 11.4. The number of pyridine rings is 1. The van der Waals surface area contributed by atoms with Gasteiger partial charge in [0.15, 0.2) is 5.78 Å². The van der Waals surface area contributed by atoms with Crippen molar-refractivity contribution in [2.45, 2.75) is 20.3 Å². The van der Waals surface area contributed by atoms with Crippen LogP contribution >= 0.6 is 0 Å². The van der Waals surface area contributed by atoms with Crippen molar-refractivity contribution < 1.29 is 14.1 Å². The Labute approximate surface area is 110 Å². The molecule has 2 rings (SSSR count). The van der Waals surface area contributed by atoms with Crippen LogP contribution in [0.15, 0.2) is 16.8 Å². The fourth-order valence-corrected chi connectivity index (χ4v) is 1.75. The Kier molecular flexibility index (Phi) is 4.01. The first-order valence-electron chi connectivity index (χ1n) is 5.87. The van der Waals surface area contributed by atoms with Gasteiger partial charge in [0.05, 0.1) is 6.42 Å². The van der Waals surface area contributed by atoms with Crippen LogP contribution in [0, 0.1) is 13.8 Å². The third kappa shape index (κ3) is 3.23. The molecule has 0 aliphatic heterocycles. The number of ketones is 1. The SMILES string of the molecule is COCC(=O)Cc1nc(-c2ncc(C)cc2C)no1. The van der Waals surface area contributed by atoms with E-state index in [1.165, 1.54) is 7.11 Å². The summed E-state index contributed by atoms with van der Waals surface area (Å²) in [6.07, 6.45) is 1.82. The molecule has 6 heteroatoms. The van der Waals surface area contributed by atoms with E-state index in [0.717, 1.165) is 11.1 Å². The highest BCUT2D eigenvalue weighted by molar-refractivity contribution is 5.81. The number of Topliss-reactive ketones (excluding diaryl/α,β-unsaturated/α-hetero) is 1. The number of carbonyl (C=O) groups excluding carboxylic acids is 1. The van der Waals surface area contributed by atoms with Gasteiger partial charge in [0, 0.05) is 13.3 Å². The molecule has 19 heavy (non-hydrogen) atoms. The molecule has 2 aromatic heterocycles. The molecule has 0 fully saturated rings. The molecular weight excluding hydrogens is 246 g/mol. The molecule has 0 aliphatic carbocycles. The van der Waals surface area contributed by atoms with E-state index in [2.05, 4.69) is 15.1 Å². The third-order valence-electron chi connectivity index (χ3n) is 2.55. The Morgan fingerprint density at radius 3 is 2.89 bits per heavy atom. The Morgan fingerprint density at radius 1 is 1.42 bits per heavy atom. The topological polar surface area (TPSA) is 78.1 Å². The number of methoxy groups -OCH3 is 1. The minimum absolute atomic E-state index is 0.0412. The van der Waals surface area contributed by atoms with E-state index in [1.54, 1.807) is 6.20 Å². The predicted octanol–water partition coefficient (Wildman–Crippen LogP) is 1.51. The summed E-state index contributed by atoms with van der Waals surface area (Å²) in [5.41, 5.74) is 2.70. The van der Waals surface area contributed by atoms with Gasteiger partial charge in [-0.25, -0.2) is 0 Å². The average molecular weight is 261 g/mol. The molecule has 6 nitrogen and oxygen atoms in total. The largest absolute Gasteiger partial charge is 0.377 e. The average Bonchev–Trinajstić information content (AvgIpc) is 2.77. The Balaban J connectivity index is 2.18. The summed E-state index contributed by atoms with van der Waals surface area (Å²) in [4.78, 5) is 19.9. The molecule has 0 bridgehead atoms. The highest BCUT2D eigenvalue weighted by atomic mass is 16.5. The van der Waals surface area contributed by atoms with E-state index in [4.69, 9.17) is 9.26 Å². The summed E-state index contributed by atoms with van der Waals surface area (Å²) >= 11 is 0. The number of aryl methyl sites for hydroxylation is 2. The van der Waals surface area contributed by atoms with E-state index in [9.17, 15) is 4.79 Å². The Hall–Kier alpha value is -2.08. The minimum Gasteiger partial charge on any atom is -0.377 e. The lowest BCUT2D eigenvalue weighted by atomic mass is 10.1. The van der Waals surface area contributed by atoms with Crippen molar-refractivity contribution in [1.82, 2.24) is 15.1 Å². The van der Waals surface area contributed by atoms with Gasteiger partial charge in [-0.05, 0) is 25.0 Å². The molecule has 0 saturated carbocycles. The van der Waals surface area contributed by atoms with Crippen molar-refractivity contribution in [3.8, 4) is 11.5 Å². The van der Waals surface area contributed by atoms with Crippen LogP contribution in [0.1, 0.15) is 17.0 Å². The fourth-order valence-electron chi connectivity index (χ4n) is 1.75. The van der Waals surface area contributed by atoms with Gasteiger partial charge in [-0.2, -0.15) is 4.98 Å². The molecule has 0 aliphatic rings. The van der Waals surface area contributed by atoms with E-state index in [1.807, 2.05) is 19.9 Å². The highest BCUT2D eigenvalue weighted by Gasteiger charge is 2.14. The normalized spacial score (nSPS) is 10.7. The summed E-state index contributed by atoms with van der Waals surface area (Å²) < 4.78 is 9.79. The first-order valence-corrected chi connectivity index (χ1v) is 5.87. The molecule has 0 N–H and O–H groups in total. The van der Waals surface area contributed by atoms with Gasteiger partial charge in [-0.1, -0.05) is 11.2 Å². The summed E-state index contributed by atoms with van der Waals surface area (Å²) in [6, 6.07) is 1.99. The number of carbonyl (C=O) groups is 1. The quantitative estimate of drug-likeness (QED) is 0.811. The second-order valence-corrected chi connectivity index (χ2v) is 4.34. The molecule has 2 heterocycles. The predicted molar refractivity (Wildman–Crippen MR) is 67.6 cm³/mol. The summed E-state index contributed by atoms with van der Waals surface area (Å²) in [5, 5.41) is 3.85. The Morgan fingerprint density at radius 2 is 2.21 bits per heavy atom. The molecular formula is C13H15N3O3. The molecule has 0 unspecified atom stereocenters. The second-order valence-electron chi connectivity index (χ2n) is 4.34. The van der Waals surface area contributed by atoms with Crippen LogP contribution in [0.2, 0.25) is 0 Å². The third-order valence-corrected chi connectivity index (χ3v) is 2.55. The maximum Gasteiger partial charge on any atom is 0.234 e. The van der Waals surface area contributed by atoms with E-state index in [0.29, 0.717) is 11.5 Å². The molecule has 0 aromatic carbocycles. The molecule has 0 radical (unpaired) electrons. The number of hydrogen-bond acceptors (Lipinski definition) is 6. The van der Waals surface area contributed by atoms with Crippen molar-refractivity contribution in [3.63, 3.8) is 0 Å². The van der Waals surface area contributed by atoms with Crippen LogP contribution in [-0.4, -0.2) is 34.6 Å².